The first kappa shape index (κ1) is 25.3. The Kier molecular flexibility index (Phi) is 6.81. The molecule has 3 N–H and O–H groups in total. The fourth-order valence-electron chi connectivity index (χ4n) is 4.69. The molecular formula is C27H25ClFN7O2. The monoisotopic (exact) mass is 533 g/mol. The first-order chi connectivity index (χ1) is 18.2. The van der Waals surface area contributed by atoms with E-state index in [0.29, 0.717) is 40.4 Å². The first-order valence-electron chi connectivity index (χ1n) is 12.0. The predicted octanol–water partition coefficient (Wildman–Crippen LogP) is 4.86. The molecule has 1 atom stereocenters. The summed E-state index contributed by atoms with van der Waals surface area (Å²) >= 11 is 6.56. The highest BCUT2D eigenvalue weighted by molar-refractivity contribution is 6.35. The Morgan fingerprint density at radius 2 is 2.05 bits per heavy atom. The molecular weight excluding hydrogens is 509 g/mol. The number of likely N-dealkylation sites (tertiary alicyclic amines) is 1. The molecule has 5 rings (SSSR count). The number of halogens is 2. The van der Waals surface area contributed by atoms with Crippen molar-refractivity contribution in [3.05, 3.63) is 77.3 Å². The standard InChI is InChI=1S/C27H25ClFN7O2/c1-15(2)27(38)35-11-5-6-17(14-35)36-24-19(28)13-32-25(30)22(24)23(34-36)18-9-8-16(12-20(18)29)26(37)33-21-7-3-4-10-31-21/h3-4,7-10,12-13,17H,1,5-6,11,14H2,2H3,(H2,30,32)(H,31,33,37)/t17-/m1/s1. The number of benzene rings is 1. The molecule has 1 saturated heterocycles. The number of piperidine rings is 1. The number of nitrogen functional groups attached to an aromatic ring is 1. The van der Waals surface area contributed by atoms with Gasteiger partial charge in [0.25, 0.3) is 5.91 Å². The lowest BCUT2D eigenvalue weighted by atomic mass is 10.0. The number of nitrogens with one attached hydrogen (secondary N) is 1. The van der Waals surface area contributed by atoms with Gasteiger partial charge in [0.2, 0.25) is 5.91 Å². The molecule has 2 amide bonds. The quantitative estimate of drug-likeness (QED) is 0.354. The average molecular weight is 534 g/mol. The van der Waals surface area contributed by atoms with Gasteiger partial charge in [-0.25, -0.2) is 14.4 Å². The molecule has 1 aromatic carbocycles. The number of carbonyl (C=O) groups is 2. The SMILES string of the molecule is C=C(C)C(=O)N1CCC[C@@H](n2nc(-c3ccc(C(=O)Nc4ccccn4)cc3F)c3c(N)ncc(Cl)c32)C1. The van der Waals surface area contributed by atoms with Crippen molar-refractivity contribution in [3.8, 4) is 11.3 Å². The van der Waals surface area contributed by atoms with Crippen molar-refractivity contribution in [2.45, 2.75) is 25.8 Å². The van der Waals surface area contributed by atoms with Gasteiger partial charge in [-0.2, -0.15) is 5.10 Å². The van der Waals surface area contributed by atoms with Crippen LogP contribution in [0.25, 0.3) is 22.2 Å². The van der Waals surface area contributed by atoms with E-state index >= 15 is 4.39 Å². The second kappa shape index (κ2) is 10.2. The van der Waals surface area contributed by atoms with Crippen molar-refractivity contribution in [1.82, 2.24) is 24.6 Å². The first-order valence-corrected chi connectivity index (χ1v) is 12.4. The van der Waals surface area contributed by atoms with E-state index in [1.165, 1.54) is 18.3 Å². The highest BCUT2D eigenvalue weighted by Crippen LogP contribution is 2.39. The van der Waals surface area contributed by atoms with Gasteiger partial charge >= 0.3 is 0 Å². The van der Waals surface area contributed by atoms with Crippen molar-refractivity contribution in [2.75, 3.05) is 24.1 Å². The van der Waals surface area contributed by atoms with Crippen LogP contribution in [0.1, 0.15) is 36.2 Å². The Hall–Kier alpha value is -4.31. The third-order valence-electron chi connectivity index (χ3n) is 6.50. The van der Waals surface area contributed by atoms with Crippen LogP contribution in [0.15, 0.2) is 60.9 Å². The summed E-state index contributed by atoms with van der Waals surface area (Å²) in [5.74, 6) is -0.783. The van der Waals surface area contributed by atoms with E-state index in [4.69, 9.17) is 22.4 Å². The minimum atomic E-state index is -0.660. The van der Waals surface area contributed by atoms with Gasteiger partial charge in [0.15, 0.2) is 0 Å². The molecule has 0 bridgehead atoms. The average Bonchev–Trinajstić information content (AvgIpc) is 3.32. The molecule has 0 spiro atoms. The number of nitrogens with zero attached hydrogens (tertiary/aromatic N) is 5. The number of nitrogens with two attached hydrogens (primary N) is 1. The molecule has 3 aromatic heterocycles. The minimum absolute atomic E-state index is 0.117. The number of hydrogen-bond donors (Lipinski definition) is 2. The van der Waals surface area contributed by atoms with Gasteiger partial charge in [0.1, 0.15) is 23.1 Å². The van der Waals surface area contributed by atoms with Crippen molar-refractivity contribution in [3.63, 3.8) is 0 Å². The van der Waals surface area contributed by atoms with Gasteiger partial charge in [-0.3, -0.25) is 14.3 Å². The fraction of sp³-hybridized carbons (Fsp3) is 0.222. The zero-order valence-corrected chi connectivity index (χ0v) is 21.4. The third kappa shape index (κ3) is 4.70. The Labute approximate surface area is 223 Å². The Bertz CT molecular complexity index is 1570. The molecule has 1 fully saturated rings. The van der Waals surface area contributed by atoms with Gasteiger partial charge in [0.05, 0.1) is 28.2 Å². The van der Waals surface area contributed by atoms with E-state index in [0.717, 1.165) is 18.9 Å². The van der Waals surface area contributed by atoms with E-state index < -0.39 is 11.7 Å². The lowest BCUT2D eigenvalue weighted by molar-refractivity contribution is -0.128. The van der Waals surface area contributed by atoms with Crippen molar-refractivity contribution < 1.29 is 14.0 Å². The number of pyridine rings is 2. The number of carbonyl (C=O) groups excluding carboxylic acids is 2. The zero-order valence-electron chi connectivity index (χ0n) is 20.6. The second-order valence-electron chi connectivity index (χ2n) is 9.20. The maximum absolute atomic E-state index is 15.5. The molecule has 9 nitrogen and oxygen atoms in total. The molecule has 194 valence electrons. The maximum atomic E-state index is 15.5. The summed E-state index contributed by atoms with van der Waals surface area (Å²) < 4.78 is 17.2. The van der Waals surface area contributed by atoms with Crippen LogP contribution in [0.2, 0.25) is 5.02 Å². The van der Waals surface area contributed by atoms with Crippen molar-refractivity contribution in [1.29, 1.82) is 0 Å². The minimum Gasteiger partial charge on any atom is -0.383 e. The number of rotatable bonds is 5. The molecule has 0 saturated carbocycles. The number of hydrogen-bond acceptors (Lipinski definition) is 6. The van der Waals surface area contributed by atoms with E-state index in [-0.39, 0.29) is 34.6 Å². The van der Waals surface area contributed by atoms with Gasteiger partial charge in [0, 0.05) is 36.0 Å². The summed E-state index contributed by atoms with van der Waals surface area (Å²) in [6.07, 6.45) is 4.48. The van der Waals surface area contributed by atoms with E-state index in [9.17, 15) is 9.59 Å². The van der Waals surface area contributed by atoms with Crippen LogP contribution in [0, 0.1) is 5.82 Å². The Balaban J connectivity index is 1.54. The normalized spacial score (nSPS) is 15.4. The smallest absolute Gasteiger partial charge is 0.256 e. The number of aromatic nitrogens is 4. The molecule has 0 unspecified atom stereocenters. The number of amides is 2. The topological polar surface area (TPSA) is 119 Å². The van der Waals surface area contributed by atoms with Crippen molar-refractivity contribution >= 4 is 46.0 Å². The highest BCUT2D eigenvalue weighted by atomic mass is 35.5. The maximum Gasteiger partial charge on any atom is 0.256 e. The lowest BCUT2D eigenvalue weighted by Gasteiger charge is -2.33. The number of anilines is 2. The number of fused-ring (bicyclic) bond motifs is 1. The molecule has 0 aliphatic carbocycles. The van der Waals surface area contributed by atoms with Crippen LogP contribution < -0.4 is 11.1 Å². The highest BCUT2D eigenvalue weighted by Gasteiger charge is 2.30. The van der Waals surface area contributed by atoms with E-state index in [1.54, 1.807) is 40.9 Å². The van der Waals surface area contributed by atoms with Gasteiger partial charge in [-0.1, -0.05) is 24.2 Å². The molecule has 1 aliphatic heterocycles. The summed E-state index contributed by atoms with van der Waals surface area (Å²) in [4.78, 5) is 35.2. The van der Waals surface area contributed by atoms with Crippen LogP contribution >= 0.6 is 11.6 Å². The molecule has 1 aliphatic rings. The summed E-state index contributed by atoms with van der Waals surface area (Å²) in [6.45, 7) is 6.46. The molecule has 11 heteroatoms. The van der Waals surface area contributed by atoms with Crippen LogP contribution in [0.5, 0.6) is 0 Å². The van der Waals surface area contributed by atoms with E-state index in [2.05, 4.69) is 21.9 Å². The second-order valence-corrected chi connectivity index (χ2v) is 9.61. The van der Waals surface area contributed by atoms with Crippen LogP contribution in [0.4, 0.5) is 16.0 Å². The fourth-order valence-corrected chi connectivity index (χ4v) is 4.92. The van der Waals surface area contributed by atoms with Gasteiger partial charge < -0.3 is 16.0 Å². The van der Waals surface area contributed by atoms with Gasteiger partial charge in [-0.05, 0) is 50.1 Å². The summed E-state index contributed by atoms with van der Waals surface area (Å²) in [7, 11) is 0. The molecule has 4 aromatic rings. The van der Waals surface area contributed by atoms with E-state index in [1.807, 2.05) is 0 Å². The lowest BCUT2D eigenvalue weighted by Crippen LogP contribution is -2.41. The largest absolute Gasteiger partial charge is 0.383 e. The molecule has 4 heterocycles. The van der Waals surface area contributed by atoms with Gasteiger partial charge in [-0.15, -0.1) is 0 Å². The molecule has 0 radical (unpaired) electrons. The third-order valence-corrected chi connectivity index (χ3v) is 6.77. The summed E-state index contributed by atoms with van der Waals surface area (Å²) in [5, 5.41) is 8.10. The molecule has 38 heavy (non-hydrogen) atoms. The summed E-state index contributed by atoms with van der Waals surface area (Å²) in [6, 6.07) is 9.00. The zero-order chi connectivity index (χ0) is 27.0. The summed E-state index contributed by atoms with van der Waals surface area (Å²) in [5.41, 5.74) is 7.73. The van der Waals surface area contributed by atoms with Crippen LogP contribution in [-0.2, 0) is 4.79 Å². The van der Waals surface area contributed by atoms with Crippen LogP contribution in [-0.4, -0.2) is 49.6 Å². The van der Waals surface area contributed by atoms with Crippen LogP contribution in [0.3, 0.4) is 0 Å². The Morgan fingerprint density at radius 3 is 2.76 bits per heavy atom. The Morgan fingerprint density at radius 1 is 1.24 bits per heavy atom. The van der Waals surface area contributed by atoms with Crippen molar-refractivity contribution in [2.24, 2.45) is 0 Å². The predicted molar refractivity (Wildman–Crippen MR) is 144 cm³/mol.